The Kier molecular flexibility index (Phi) is 6.66. The molecule has 1 aromatic carbocycles. The lowest BCUT2D eigenvalue weighted by Crippen LogP contribution is -2.36. The number of aromatic nitrogens is 2. The zero-order valence-electron chi connectivity index (χ0n) is 16.4. The Morgan fingerprint density at radius 2 is 2.12 bits per heavy atom. The van der Waals surface area contributed by atoms with E-state index in [1.807, 2.05) is 0 Å². The monoisotopic (exact) mass is 491 g/mol. The fraction of sp³-hybridized carbons (Fsp3) is 0.444. The van der Waals surface area contributed by atoms with E-state index in [2.05, 4.69) is 4.98 Å². The van der Waals surface area contributed by atoms with Gasteiger partial charge in [-0.2, -0.15) is 4.98 Å². The van der Waals surface area contributed by atoms with Gasteiger partial charge in [-0.25, -0.2) is 13.8 Å². The number of halogens is 2. The predicted octanol–water partition coefficient (Wildman–Crippen LogP) is 1.54. The van der Waals surface area contributed by atoms with Crippen LogP contribution in [0.1, 0.15) is 24.3 Å². The van der Waals surface area contributed by atoms with Gasteiger partial charge in [0.2, 0.25) is 0 Å². The second-order valence-corrected chi connectivity index (χ2v) is 9.22. The molecule has 32 heavy (non-hydrogen) atoms. The van der Waals surface area contributed by atoms with Crippen molar-refractivity contribution in [2.45, 2.75) is 37.1 Å². The smallest absolute Gasteiger partial charge is 0.387 e. The van der Waals surface area contributed by atoms with Crippen molar-refractivity contribution in [2.24, 2.45) is 0 Å². The first-order valence-corrected chi connectivity index (χ1v) is 11.4. The molecule has 0 radical (unpaired) electrons. The highest BCUT2D eigenvalue weighted by atomic mass is 35.5. The minimum Gasteiger partial charge on any atom is -0.387 e. The summed E-state index contributed by atoms with van der Waals surface area (Å²) in [7, 11) is -4.16. The predicted molar refractivity (Wildman–Crippen MR) is 108 cm³/mol. The molecule has 2 aromatic rings. The van der Waals surface area contributed by atoms with Crippen LogP contribution in [-0.4, -0.2) is 51.3 Å². The Labute approximate surface area is 186 Å². The van der Waals surface area contributed by atoms with E-state index in [0.29, 0.717) is 0 Å². The van der Waals surface area contributed by atoms with Crippen molar-refractivity contribution in [3.8, 4) is 0 Å². The van der Waals surface area contributed by atoms with Gasteiger partial charge in [0.15, 0.2) is 6.23 Å². The van der Waals surface area contributed by atoms with Gasteiger partial charge >= 0.3 is 13.5 Å². The summed E-state index contributed by atoms with van der Waals surface area (Å²) in [4.78, 5) is 15.5. The highest BCUT2D eigenvalue weighted by Crippen LogP contribution is 2.57. The Bertz CT molecular complexity index is 1100. The van der Waals surface area contributed by atoms with Crippen molar-refractivity contribution in [1.29, 1.82) is 0 Å². The molecule has 2 saturated heterocycles. The summed E-state index contributed by atoms with van der Waals surface area (Å²) in [5, 5.41) is 20.5. The summed E-state index contributed by atoms with van der Waals surface area (Å²) >= 11 is 5.80. The van der Waals surface area contributed by atoms with Gasteiger partial charge in [0, 0.05) is 18.2 Å². The Morgan fingerprint density at radius 1 is 1.34 bits per heavy atom. The highest BCUT2D eigenvalue weighted by molar-refractivity contribution is 7.48. The number of anilines is 1. The molecule has 0 amide bonds. The molecule has 6 atom stereocenters. The summed E-state index contributed by atoms with van der Waals surface area (Å²) in [6.45, 7) is -0.548. The summed E-state index contributed by atoms with van der Waals surface area (Å²) in [6.07, 6.45) is -4.91. The number of hydrogen-bond donors (Lipinski definition) is 3. The molecule has 3 heterocycles. The van der Waals surface area contributed by atoms with Crippen molar-refractivity contribution < 1.29 is 37.5 Å². The lowest BCUT2D eigenvalue weighted by Gasteiger charge is -2.30. The van der Waals surface area contributed by atoms with Crippen LogP contribution in [0.4, 0.5) is 10.2 Å². The number of rotatable bonds is 5. The Morgan fingerprint density at radius 3 is 2.88 bits per heavy atom. The lowest BCUT2D eigenvalue weighted by atomic mass is 10.1. The maximum absolute atomic E-state index is 14.3. The van der Waals surface area contributed by atoms with Gasteiger partial charge in [0.05, 0.1) is 24.3 Å². The fourth-order valence-corrected chi connectivity index (χ4v) is 5.01. The minimum atomic E-state index is -4.16. The van der Waals surface area contributed by atoms with Crippen molar-refractivity contribution in [3.63, 3.8) is 0 Å². The van der Waals surface area contributed by atoms with E-state index in [4.69, 9.17) is 35.6 Å². The molecule has 4 N–H and O–H groups in total. The van der Waals surface area contributed by atoms with E-state index in [1.165, 1.54) is 30.5 Å². The van der Waals surface area contributed by atoms with Gasteiger partial charge in [-0.1, -0.05) is 23.7 Å². The maximum atomic E-state index is 14.3. The summed E-state index contributed by atoms with van der Waals surface area (Å²) in [5.74, 6) is -0.717. The molecule has 4 rings (SSSR count). The molecule has 1 unspecified atom stereocenters. The zero-order valence-corrected chi connectivity index (χ0v) is 18.1. The average molecular weight is 492 g/mol. The number of nitrogen functional groups attached to an aromatic ring is 1. The number of aliphatic hydroxyl groups is 2. The van der Waals surface area contributed by atoms with Crippen LogP contribution >= 0.6 is 19.4 Å². The van der Waals surface area contributed by atoms with Crippen molar-refractivity contribution in [1.82, 2.24) is 9.55 Å². The van der Waals surface area contributed by atoms with Crippen LogP contribution in [0.2, 0.25) is 5.02 Å². The van der Waals surface area contributed by atoms with Crippen LogP contribution in [0.5, 0.6) is 0 Å². The Balaban J connectivity index is 1.44. The Hall–Kier alpha value is -1.89. The van der Waals surface area contributed by atoms with Crippen LogP contribution in [-0.2, 0) is 22.9 Å². The second-order valence-electron chi connectivity index (χ2n) is 7.19. The quantitative estimate of drug-likeness (QED) is 0.524. The highest BCUT2D eigenvalue weighted by Gasteiger charge is 2.46. The van der Waals surface area contributed by atoms with Gasteiger partial charge in [0.25, 0.3) is 0 Å². The molecule has 0 spiro atoms. The second kappa shape index (κ2) is 9.16. The molecule has 1 aromatic heterocycles. The molecule has 14 heteroatoms. The summed E-state index contributed by atoms with van der Waals surface area (Å²) in [6, 6.07) is 5.68. The molecule has 2 fully saturated rings. The van der Waals surface area contributed by atoms with Crippen LogP contribution in [0, 0.1) is 5.82 Å². The summed E-state index contributed by atoms with van der Waals surface area (Å²) < 4.78 is 49.5. The van der Waals surface area contributed by atoms with Gasteiger partial charge in [-0.05, 0) is 12.1 Å². The van der Waals surface area contributed by atoms with Crippen LogP contribution in [0.25, 0.3) is 0 Å². The normalized spacial score (nSPS) is 32.8. The number of phosphoric ester groups is 1. The number of hydrogen-bond acceptors (Lipinski definition) is 10. The number of nitrogens with two attached hydrogens (primary N) is 1. The number of nitrogens with zero attached hydrogens (tertiary/aromatic N) is 2. The fourth-order valence-electron chi connectivity index (χ4n) is 3.44. The zero-order chi connectivity index (χ0) is 23.0. The van der Waals surface area contributed by atoms with Gasteiger partial charge in [-0.3, -0.25) is 18.1 Å². The molecule has 0 aliphatic carbocycles. The van der Waals surface area contributed by atoms with E-state index >= 15 is 0 Å². The van der Waals surface area contributed by atoms with E-state index in [-0.39, 0.29) is 29.4 Å². The minimum absolute atomic E-state index is 0.0189. The average Bonchev–Trinajstić information content (AvgIpc) is 3.03. The van der Waals surface area contributed by atoms with Crippen LogP contribution in [0.3, 0.4) is 0 Å². The molecule has 0 saturated carbocycles. The first kappa shape index (κ1) is 23.3. The van der Waals surface area contributed by atoms with E-state index < -0.39 is 56.6 Å². The number of phosphoric acid groups is 1. The lowest BCUT2D eigenvalue weighted by molar-refractivity contribution is -0.0610. The topological polar surface area (TPSA) is 155 Å². The molecule has 11 nitrogen and oxygen atoms in total. The third-order valence-corrected chi connectivity index (χ3v) is 6.84. The molecule has 2 aliphatic rings. The largest absolute Gasteiger partial charge is 0.475 e. The van der Waals surface area contributed by atoms with Crippen molar-refractivity contribution >= 4 is 25.2 Å². The molecule has 174 valence electrons. The number of aliphatic hydroxyl groups excluding tert-OH is 2. The van der Waals surface area contributed by atoms with Gasteiger partial charge < -0.3 is 20.7 Å². The maximum Gasteiger partial charge on any atom is 0.475 e. The van der Waals surface area contributed by atoms with Crippen molar-refractivity contribution in [2.75, 3.05) is 18.9 Å². The first-order chi connectivity index (χ1) is 15.2. The van der Waals surface area contributed by atoms with E-state index in [9.17, 15) is 24.0 Å². The summed E-state index contributed by atoms with van der Waals surface area (Å²) in [5.41, 5.74) is 4.76. The number of benzene rings is 1. The molecular weight excluding hydrogens is 472 g/mol. The molecule has 0 bridgehead atoms. The SMILES string of the molecule is Nc1ccn([C@@H]2O[C@H](COP3(=O)OCC[C@H](c4cccc(Cl)c4F)O3)[C@@H](O)[C@@H]2O)c(=O)n1. The van der Waals surface area contributed by atoms with Crippen LogP contribution in [0.15, 0.2) is 35.3 Å². The number of ether oxygens (including phenoxy) is 1. The van der Waals surface area contributed by atoms with E-state index in [1.54, 1.807) is 0 Å². The van der Waals surface area contributed by atoms with Crippen molar-refractivity contribution in [3.05, 3.63) is 57.3 Å². The molecule has 2 aliphatic heterocycles. The first-order valence-electron chi connectivity index (χ1n) is 9.56. The van der Waals surface area contributed by atoms with E-state index in [0.717, 1.165) is 4.57 Å². The van der Waals surface area contributed by atoms with Crippen LogP contribution < -0.4 is 11.4 Å². The van der Waals surface area contributed by atoms with Gasteiger partial charge in [-0.15, -0.1) is 0 Å². The van der Waals surface area contributed by atoms with Gasteiger partial charge in [0.1, 0.15) is 29.9 Å². The standard InChI is InChI=1S/C18H20ClFN3O8P/c19-10-3-1-2-9(14(10)20)11-5-7-28-32(27,31-11)29-8-12-15(24)16(25)17(30-12)23-6-4-13(21)22-18(23)26/h1-4,6,11-12,15-17,24-25H,5,7-8H2,(H2,21,22,26)/t11-,12-,15-,16+,17-,32?/m1/s1. The third kappa shape index (κ3) is 4.59. The third-order valence-electron chi connectivity index (χ3n) is 5.07. The molecular formula is C18H20ClFN3O8P.